The summed E-state index contributed by atoms with van der Waals surface area (Å²) in [7, 11) is -3.63. The van der Waals surface area contributed by atoms with Crippen molar-refractivity contribution in [3.63, 3.8) is 0 Å². The number of benzene rings is 1. The molecular formula is C15H18N2O5S. The van der Waals surface area contributed by atoms with Crippen LogP contribution in [0.3, 0.4) is 0 Å². The summed E-state index contributed by atoms with van der Waals surface area (Å²) >= 11 is 0. The van der Waals surface area contributed by atoms with E-state index in [0.29, 0.717) is 18.7 Å². The van der Waals surface area contributed by atoms with Crippen LogP contribution in [0.25, 0.3) is 0 Å². The molecule has 0 spiro atoms. The van der Waals surface area contributed by atoms with Gasteiger partial charge in [0.2, 0.25) is 15.9 Å². The molecule has 8 heteroatoms. The minimum atomic E-state index is -3.63. The van der Waals surface area contributed by atoms with Crippen LogP contribution in [0.15, 0.2) is 24.3 Å². The lowest BCUT2D eigenvalue weighted by Crippen LogP contribution is -2.32. The molecule has 23 heavy (non-hydrogen) atoms. The van der Waals surface area contributed by atoms with Gasteiger partial charge in [-0.1, -0.05) is 6.07 Å². The van der Waals surface area contributed by atoms with E-state index in [1.54, 1.807) is 12.1 Å². The Labute approximate surface area is 134 Å². The molecule has 2 amide bonds. The second kappa shape index (κ2) is 6.29. The Morgan fingerprint density at radius 1 is 1.39 bits per heavy atom. The van der Waals surface area contributed by atoms with Gasteiger partial charge in [0.25, 0.3) is 5.91 Å². The minimum absolute atomic E-state index is 0.0300. The Bertz CT molecular complexity index is 725. The van der Waals surface area contributed by atoms with Gasteiger partial charge in [-0.25, -0.2) is 12.7 Å². The average Bonchev–Trinajstić information content (AvgIpc) is 3.13. The zero-order chi connectivity index (χ0) is 16.4. The average molecular weight is 338 g/mol. The summed E-state index contributed by atoms with van der Waals surface area (Å²) in [5, 5.41) is 2.77. The third-order valence-electron chi connectivity index (χ3n) is 3.94. The van der Waals surface area contributed by atoms with E-state index in [9.17, 15) is 18.0 Å². The Balaban J connectivity index is 1.74. The predicted octanol–water partition coefficient (Wildman–Crippen LogP) is 0.662. The van der Waals surface area contributed by atoms with Crippen molar-refractivity contribution in [2.24, 2.45) is 0 Å². The number of nitrogens with one attached hydrogen (secondary N) is 1. The molecule has 3 rings (SSSR count). The van der Waals surface area contributed by atoms with Gasteiger partial charge in [-0.15, -0.1) is 0 Å². The smallest absolute Gasteiger partial charge is 0.251 e. The van der Waals surface area contributed by atoms with Crippen LogP contribution < -0.4 is 9.62 Å². The van der Waals surface area contributed by atoms with Crippen LogP contribution in [0.5, 0.6) is 0 Å². The second-order valence-electron chi connectivity index (χ2n) is 5.62. The molecule has 1 aromatic rings. The lowest BCUT2D eigenvalue weighted by Gasteiger charge is -2.16. The summed E-state index contributed by atoms with van der Waals surface area (Å²) in [6.07, 6.45) is 1.91. The number of hydrogen-bond acceptors (Lipinski definition) is 5. The summed E-state index contributed by atoms with van der Waals surface area (Å²) < 4.78 is 30.1. The summed E-state index contributed by atoms with van der Waals surface area (Å²) in [6, 6.07) is 6.09. The third-order valence-corrected chi connectivity index (χ3v) is 5.63. The van der Waals surface area contributed by atoms with Crippen LogP contribution in [0.4, 0.5) is 5.69 Å². The van der Waals surface area contributed by atoms with Gasteiger partial charge in [0.15, 0.2) is 0 Å². The first-order chi connectivity index (χ1) is 11.0. The van der Waals surface area contributed by atoms with Gasteiger partial charge in [-0.2, -0.15) is 0 Å². The van der Waals surface area contributed by atoms with Crippen LogP contribution in [0, 0.1) is 0 Å². The number of ether oxygens (including phenoxy) is 1. The molecule has 2 fully saturated rings. The molecule has 0 unspecified atom stereocenters. The highest BCUT2D eigenvalue weighted by Gasteiger charge is 2.36. The van der Waals surface area contributed by atoms with E-state index in [0.717, 1.165) is 17.1 Å². The first kappa shape index (κ1) is 15.9. The Kier molecular flexibility index (Phi) is 4.36. The first-order valence-corrected chi connectivity index (χ1v) is 9.14. The molecule has 0 aliphatic carbocycles. The van der Waals surface area contributed by atoms with Crippen LogP contribution in [-0.4, -0.2) is 45.2 Å². The van der Waals surface area contributed by atoms with Gasteiger partial charge in [0.1, 0.15) is 0 Å². The quantitative estimate of drug-likeness (QED) is 0.871. The van der Waals surface area contributed by atoms with Crippen molar-refractivity contribution >= 4 is 27.5 Å². The molecule has 7 nitrogen and oxygen atoms in total. The highest BCUT2D eigenvalue weighted by molar-refractivity contribution is 7.94. The van der Waals surface area contributed by atoms with Gasteiger partial charge in [-0.3, -0.25) is 9.59 Å². The molecular weight excluding hydrogens is 320 g/mol. The Morgan fingerprint density at radius 2 is 2.22 bits per heavy atom. The van der Waals surface area contributed by atoms with E-state index in [1.807, 2.05) is 0 Å². The van der Waals surface area contributed by atoms with Crippen molar-refractivity contribution in [3.05, 3.63) is 29.8 Å². The van der Waals surface area contributed by atoms with Crippen molar-refractivity contribution < 1.29 is 22.7 Å². The maximum Gasteiger partial charge on any atom is 0.251 e. The Hall–Kier alpha value is -1.93. The third kappa shape index (κ3) is 3.37. The van der Waals surface area contributed by atoms with Crippen LogP contribution in [0.2, 0.25) is 0 Å². The zero-order valence-electron chi connectivity index (χ0n) is 12.5. The number of carbonyl (C=O) groups is 2. The molecule has 2 aliphatic heterocycles. The van der Waals surface area contributed by atoms with E-state index in [-0.39, 0.29) is 29.9 Å². The number of nitrogens with zero attached hydrogens (tertiary/aromatic N) is 1. The van der Waals surface area contributed by atoms with Crippen LogP contribution in [0.1, 0.15) is 29.6 Å². The molecule has 0 radical (unpaired) electrons. The maximum atomic E-state index is 12.2. The molecule has 2 heterocycles. The second-order valence-corrected chi connectivity index (χ2v) is 7.56. The Morgan fingerprint density at radius 3 is 2.87 bits per heavy atom. The lowest BCUT2D eigenvalue weighted by atomic mass is 10.1. The van der Waals surface area contributed by atoms with E-state index >= 15 is 0 Å². The van der Waals surface area contributed by atoms with Crippen molar-refractivity contribution in [2.45, 2.75) is 25.4 Å². The highest BCUT2D eigenvalue weighted by atomic mass is 32.2. The number of amides is 2. The van der Waals surface area contributed by atoms with Crippen molar-refractivity contribution in [3.8, 4) is 0 Å². The minimum Gasteiger partial charge on any atom is -0.376 e. The van der Waals surface area contributed by atoms with Crippen molar-refractivity contribution in [1.29, 1.82) is 0 Å². The fourth-order valence-corrected chi connectivity index (χ4v) is 4.21. The number of anilines is 1. The molecule has 124 valence electrons. The fourth-order valence-electron chi connectivity index (χ4n) is 2.76. The molecule has 1 N–H and O–H groups in total. The lowest BCUT2D eigenvalue weighted by molar-refractivity contribution is -0.116. The van der Waals surface area contributed by atoms with E-state index < -0.39 is 15.9 Å². The molecule has 1 atom stereocenters. The number of sulfonamides is 1. The predicted molar refractivity (Wildman–Crippen MR) is 83.6 cm³/mol. The van der Waals surface area contributed by atoms with Crippen molar-refractivity contribution in [2.75, 3.05) is 23.2 Å². The fraction of sp³-hybridized carbons (Fsp3) is 0.467. The number of carbonyl (C=O) groups excluding carboxylic acids is 2. The van der Waals surface area contributed by atoms with Gasteiger partial charge < -0.3 is 10.1 Å². The van der Waals surface area contributed by atoms with Gasteiger partial charge in [-0.05, 0) is 31.0 Å². The molecule has 0 saturated carbocycles. The number of hydrogen-bond donors (Lipinski definition) is 1. The molecule has 0 aromatic heterocycles. The summed E-state index contributed by atoms with van der Waals surface area (Å²) in [5.74, 6) is -0.977. The highest BCUT2D eigenvalue weighted by Crippen LogP contribution is 2.25. The largest absolute Gasteiger partial charge is 0.376 e. The van der Waals surface area contributed by atoms with Crippen molar-refractivity contribution in [1.82, 2.24) is 5.32 Å². The molecule has 1 aromatic carbocycles. The van der Waals surface area contributed by atoms with Gasteiger partial charge in [0.05, 0.1) is 17.5 Å². The van der Waals surface area contributed by atoms with Crippen LogP contribution >= 0.6 is 0 Å². The SMILES string of the molecule is O=C(NC[C@@H]1CCCO1)c1cccc(N2C(=O)CCS2(=O)=O)c1. The zero-order valence-corrected chi connectivity index (χ0v) is 13.3. The summed E-state index contributed by atoms with van der Waals surface area (Å²) in [4.78, 5) is 24.0. The first-order valence-electron chi connectivity index (χ1n) is 7.53. The summed E-state index contributed by atoms with van der Waals surface area (Å²) in [5.41, 5.74) is 0.521. The monoisotopic (exact) mass is 338 g/mol. The molecule has 2 saturated heterocycles. The van der Waals surface area contributed by atoms with Gasteiger partial charge in [0, 0.05) is 25.1 Å². The number of rotatable bonds is 4. The molecule has 0 bridgehead atoms. The van der Waals surface area contributed by atoms with Crippen LogP contribution in [-0.2, 0) is 19.6 Å². The standard InChI is InChI=1S/C15H18N2O5S/c18-14-6-8-23(20,21)17(14)12-4-1-3-11(9-12)15(19)16-10-13-5-2-7-22-13/h1,3-4,9,13H,2,5-8,10H2,(H,16,19)/t13-/m0/s1. The van der Waals surface area contributed by atoms with E-state index in [2.05, 4.69) is 5.32 Å². The van der Waals surface area contributed by atoms with E-state index in [4.69, 9.17) is 4.74 Å². The van der Waals surface area contributed by atoms with E-state index in [1.165, 1.54) is 12.1 Å². The normalized spacial score (nSPS) is 23.2. The maximum absolute atomic E-state index is 12.2. The van der Waals surface area contributed by atoms with Gasteiger partial charge >= 0.3 is 0 Å². The topological polar surface area (TPSA) is 92.8 Å². The summed E-state index contributed by atoms with van der Waals surface area (Å²) in [6.45, 7) is 1.13. The molecule has 2 aliphatic rings.